The van der Waals surface area contributed by atoms with Crippen molar-refractivity contribution in [2.45, 2.75) is 98.9 Å². The van der Waals surface area contributed by atoms with Gasteiger partial charge in [-0.05, 0) is 68.1 Å². The van der Waals surface area contributed by atoms with E-state index in [1.807, 2.05) is 0 Å². The minimum Gasteiger partial charge on any atom is -0.480 e. The van der Waals surface area contributed by atoms with Crippen molar-refractivity contribution >= 4 is 11.9 Å². The second-order valence-corrected chi connectivity index (χ2v) is 10.9. The van der Waals surface area contributed by atoms with E-state index in [0.29, 0.717) is 36.0 Å². The van der Waals surface area contributed by atoms with Crippen molar-refractivity contribution in [2.75, 3.05) is 13.2 Å². The third-order valence-corrected chi connectivity index (χ3v) is 7.58. The molecule has 2 rings (SSSR count). The van der Waals surface area contributed by atoms with Gasteiger partial charge in [0, 0.05) is 12.5 Å². The van der Waals surface area contributed by atoms with Gasteiger partial charge in [0.1, 0.15) is 6.61 Å². The number of carboxylic acids is 2. The van der Waals surface area contributed by atoms with Crippen LogP contribution in [0, 0.1) is 41.4 Å². The van der Waals surface area contributed by atoms with Crippen LogP contribution in [-0.4, -0.2) is 52.4 Å². The maximum atomic E-state index is 11.4. The molecule has 0 saturated heterocycles. The quantitative estimate of drug-likeness (QED) is 0.402. The van der Waals surface area contributed by atoms with Gasteiger partial charge in [-0.25, -0.2) is 9.59 Å². The molecule has 3 N–H and O–H groups in total. The van der Waals surface area contributed by atoms with E-state index in [0.717, 1.165) is 19.3 Å². The molecule has 7 atom stereocenters. The lowest BCUT2D eigenvalue weighted by atomic mass is 9.67. The molecule has 7 nitrogen and oxygen atoms in total. The van der Waals surface area contributed by atoms with E-state index >= 15 is 0 Å². The molecule has 0 aromatic heterocycles. The largest absolute Gasteiger partial charge is 0.480 e. The van der Waals surface area contributed by atoms with Gasteiger partial charge in [0.15, 0.2) is 0 Å². The second kappa shape index (κ2) is 13.6. The van der Waals surface area contributed by atoms with E-state index in [4.69, 9.17) is 14.6 Å². The first-order chi connectivity index (χ1) is 15.3. The maximum Gasteiger partial charge on any atom is 0.364 e. The van der Waals surface area contributed by atoms with Crippen LogP contribution >= 0.6 is 0 Å². The number of aliphatic hydroxyl groups is 1. The molecule has 7 unspecified atom stereocenters. The number of carboxylic acid groups (broad SMARTS) is 2. The van der Waals surface area contributed by atoms with Gasteiger partial charge in [-0.15, -0.1) is 0 Å². The molecule has 7 heteroatoms. The van der Waals surface area contributed by atoms with Crippen molar-refractivity contribution < 1.29 is 34.4 Å². The van der Waals surface area contributed by atoms with Crippen molar-refractivity contribution in [2.24, 2.45) is 41.4 Å². The molecule has 2 fully saturated rings. The normalized spacial score (nSPS) is 32.1. The Morgan fingerprint density at radius 1 is 0.909 bits per heavy atom. The standard InChI is InChI=1S/C14H26O4.C12H22O3/c1-5-18-14(17,13(15)16)12-8-10(4)6-7-11(12)9(2)3;1-8(2)10-5-4-9(3)6-11(10)15-7-12(13)14/h9-12,17H,5-8H2,1-4H3,(H,15,16);8-11H,4-7H2,1-3H3,(H,13,14). The topological polar surface area (TPSA) is 113 Å². The fourth-order valence-electron chi connectivity index (χ4n) is 5.68. The molecule has 0 spiro atoms. The highest BCUT2D eigenvalue weighted by Gasteiger charge is 2.51. The first-order valence-corrected chi connectivity index (χ1v) is 12.8. The molecular weight excluding hydrogens is 424 g/mol. The minimum absolute atomic E-state index is 0.143. The van der Waals surface area contributed by atoms with Gasteiger partial charge in [0.25, 0.3) is 5.79 Å². The summed E-state index contributed by atoms with van der Waals surface area (Å²) in [5, 5.41) is 28.4. The minimum atomic E-state index is -2.03. The molecule has 0 radical (unpaired) electrons. The highest BCUT2D eigenvalue weighted by molar-refractivity contribution is 5.75. The van der Waals surface area contributed by atoms with E-state index in [2.05, 4.69) is 41.5 Å². The summed E-state index contributed by atoms with van der Waals surface area (Å²) in [7, 11) is 0. The van der Waals surface area contributed by atoms with Crippen LogP contribution in [0.2, 0.25) is 0 Å². The number of ether oxygens (including phenoxy) is 2. The zero-order valence-electron chi connectivity index (χ0n) is 21.8. The monoisotopic (exact) mass is 472 g/mol. The molecule has 33 heavy (non-hydrogen) atoms. The van der Waals surface area contributed by atoms with Crippen molar-refractivity contribution in [3.63, 3.8) is 0 Å². The summed E-state index contributed by atoms with van der Waals surface area (Å²) in [5.41, 5.74) is 0. The Labute approximate surface area is 200 Å². The Bertz CT molecular complexity index is 605. The lowest BCUT2D eigenvalue weighted by Crippen LogP contribution is -2.53. The summed E-state index contributed by atoms with van der Waals surface area (Å²) in [6.45, 7) is 14.6. The molecule has 194 valence electrons. The first-order valence-electron chi connectivity index (χ1n) is 12.8. The van der Waals surface area contributed by atoms with Gasteiger partial charge in [-0.1, -0.05) is 54.4 Å². The van der Waals surface area contributed by atoms with Crippen LogP contribution in [-0.2, 0) is 19.1 Å². The van der Waals surface area contributed by atoms with Gasteiger partial charge in [0.2, 0.25) is 0 Å². The maximum absolute atomic E-state index is 11.4. The summed E-state index contributed by atoms with van der Waals surface area (Å²) in [4.78, 5) is 21.9. The second-order valence-electron chi connectivity index (χ2n) is 10.9. The van der Waals surface area contributed by atoms with Crippen LogP contribution in [0.5, 0.6) is 0 Å². The fraction of sp³-hybridized carbons (Fsp3) is 0.923. The van der Waals surface area contributed by atoms with Gasteiger partial charge in [0.05, 0.1) is 6.10 Å². The number of carbonyl (C=O) groups is 2. The molecule has 0 aromatic carbocycles. The predicted octanol–water partition coefficient (Wildman–Crippen LogP) is 5.05. The van der Waals surface area contributed by atoms with Crippen molar-refractivity contribution in [3.8, 4) is 0 Å². The van der Waals surface area contributed by atoms with Gasteiger partial charge in [-0.3, -0.25) is 0 Å². The summed E-state index contributed by atoms with van der Waals surface area (Å²) in [6.07, 6.45) is 6.35. The summed E-state index contributed by atoms with van der Waals surface area (Å²) >= 11 is 0. The lowest BCUT2D eigenvalue weighted by molar-refractivity contribution is -0.257. The van der Waals surface area contributed by atoms with Crippen LogP contribution in [0.25, 0.3) is 0 Å². The van der Waals surface area contributed by atoms with Crippen molar-refractivity contribution in [1.29, 1.82) is 0 Å². The van der Waals surface area contributed by atoms with Crippen LogP contribution in [0.1, 0.15) is 87.0 Å². The highest BCUT2D eigenvalue weighted by atomic mass is 16.6. The van der Waals surface area contributed by atoms with Crippen molar-refractivity contribution in [1.82, 2.24) is 0 Å². The van der Waals surface area contributed by atoms with Gasteiger partial charge in [-0.2, -0.15) is 0 Å². The molecule has 0 aliphatic heterocycles. The Balaban J connectivity index is 0.000000335. The van der Waals surface area contributed by atoms with E-state index in [9.17, 15) is 19.8 Å². The van der Waals surface area contributed by atoms with Gasteiger partial charge >= 0.3 is 11.9 Å². The summed E-state index contributed by atoms with van der Waals surface area (Å²) in [6, 6.07) is 0. The number of hydrogen-bond acceptors (Lipinski definition) is 5. The molecular formula is C26H48O7. The van der Waals surface area contributed by atoms with Gasteiger partial charge < -0.3 is 24.8 Å². The lowest BCUT2D eigenvalue weighted by Gasteiger charge is -2.43. The smallest absolute Gasteiger partial charge is 0.364 e. The molecule has 2 aliphatic rings. The molecule has 2 aliphatic carbocycles. The third-order valence-electron chi connectivity index (χ3n) is 7.58. The van der Waals surface area contributed by atoms with Crippen LogP contribution in [0.15, 0.2) is 0 Å². The zero-order valence-corrected chi connectivity index (χ0v) is 21.8. The van der Waals surface area contributed by atoms with Crippen molar-refractivity contribution in [3.05, 3.63) is 0 Å². The summed E-state index contributed by atoms with van der Waals surface area (Å²) in [5.74, 6) is -1.70. The number of aliphatic carboxylic acids is 2. The average Bonchev–Trinajstić information content (AvgIpc) is 2.72. The molecule has 0 amide bonds. The van der Waals surface area contributed by atoms with Crippen LogP contribution in [0.3, 0.4) is 0 Å². The number of hydrogen-bond donors (Lipinski definition) is 3. The third kappa shape index (κ3) is 8.84. The Hall–Kier alpha value is -1.18. The predicted molar refractivity (Wildman–Crippen MR) is 128 cm³/mol. The van der Waals surface area contributed by atoms with Crippen LogP contribution < -0.4 is 0 Å². The summed E-state index contributed by atoms with van der Waals surface area (Å²) < 4.78 is 10.7. The molecule has 0 aromatic rings. The zero-order chi connectivity index (χ0) is 25.3. The molecule has 2 saturated carbocycles. The van der Waals surface area contributed by atoms with Crippen LogP contribution in [0.4, 0.5) is 0 Å². The SMILES string of the molecule is CC1CCC(C(C)C)C(OCC(=O)O)C1.CCOC(O)(C(=O)O)C1CC(C)CCC1C(C)C. The van der Waals surface area contributed by atoms with E-state index in [1.54, 1.807) is 6.92 Å². The van der Waals surface area contributed by atoms with E-state index < -0.39 is 17.7 Å². The Kier molecular flexibility index (Phi) is 12.3. The van der Waals surface area contributed by atoms with E-state index in [-0.39, 0.29) is 31.2 Å². The highest BCUT2D eigenvalue weighted by Crippen LogP contribution is 2.44. The molecule has 0 heterocycles. The first kappa shape index (κ1) is 29.9. The van der Waals surface area contributed by atoms with E-state index in [1.165, 1.54) is 12.8 Å². The Morgan fingerprint density at radius 2 is 1.42 bits per heavy atom. The average molecular weight is 473 g/mol. The fourth-order valence-corrected chi connectivity index (χ4v) is 5.68. The number of rotatable bonds is 9. The Morgan fingerprint density at radius 3 is 1.88 bits per heavy atom. The molecule has 0 bridgehead atoms.